The molecule has 10 heterocycles. The summed E-state index contributed by atoms with van der Waals surface area (Å²) in [5.74, 6) is -3.86. The molecule has 4 amide bonds. The zero-order chi connectivity index (χ0) is 90.5. The highest BCUT2D eigenvalue weighted by atomic mass is 16.8. The van der Waals surface area contributed by atoms with E-state index < -0.39 is 397 Å². The summed E-state index contributed by atoms with van der Waals surface area (Å²) in [4.78, 5) is 51.8. The normalized spacial score (nSPS) is 49.4. The number of hydrogen-bond acceptors (Lipinski definition) is 51. The second kappa shape index (κ2) is 44.3. The first-order valence-corrected chi connectivity index (χ1v) is 39.1. The average Bonchev–Trinajstić information content (AvgIpc) is 0.771. The van der Waals surface area contributed by atoms with E-state index in [1.807, 2.05) is 0 Å². The summed E-state index contributed by atoms with van der Waals surface area (Å²) in [7, 11) is 0. The van der Waals surface area contributed by atoms with Crippen molar-refractivity contribution >= 4 is 23.6 Å². The van der Waals surface area contributed by atoms with E-state index in [1.165, 1.54) is 0 Å². The van der Waals surface area contributed by atoms with Gasteiger partial charge >= 0.3 is 0 Å². The van der Waals surface area contributed by atoms with Crippen LogP contribution in [0.3, 0.4) is 0 Å². The van der Waals surface area contributed by atoms with Gasteiger partial charge in [0.25, 0.3) is 0 Å². The molecule has 0 spiro atoms. The maximum Gasteiger partial charge on any atom is 0.217 e. The molecule has 0 aromatic heterocycles. The Hall–Kier alpha value is -4.00. The molecule has 0 unspecified atom stereocenters. The summed E-state index contributed by atoms with van der Waals surface area (Å²) in [6.07, 6.45) is -98.3. The maximum absolute atomic E-state index is 13.3. The summed E-state index contributed by atoms with van der Waals surface area (Å²) in [5, 5.41) is 321. The number of ether oxygens (including phenoxy) is 19. The summed E-state index contributed by atoms with van der Waals surface area (Å²) < 4.78 is 113. The van der Waals surface area contributed by atoms with Crippen molar-refractivity contribution in [3.8, 4) is 0 Å². The monoisotopic (exact) mass is 1800 g/mol. The van der Waals surface area contributed by atoms with Gasteiger partial charge < -0.3 is 254 Å². The molecule has 712 valence electrons. The standard InChI is InChI=1S/C68H114N4O51/c1-15(82)69-29-38(91)51(23(9-77)106-59(29)104)120-66-50(103)56(37(90)28(115-66)14-105-67-57(45(98)36(89)22(8-76)110-67)122-61-31(71-17(3)84)40(93)53(25(11-79)112-61)118-64-47(100)43(96)34(87)20(6-74)108-64)121-68-58(123-62-32(72-18(4)85)41(94)54(26(12-80)113-62)119-65-48(101)44(97)35(88)21(7-75)109-65)49(102)55(27(13-81)114-68)116-60-30(70-16(2)83)39(92)52(24(10-78)111-60)117-63-46(99)42(95)33(86)19(5-73)107-63/h19-68,73-81,86-104H,5-14H2,1-4H3,(H,69,82)(H,70,83)(H,71,84)(H,72,85)/t19-,20-,21-,22-,23-,24-,25-,26-,27-,28-,29-,30-,31-,32-,33+,34+,35+,36-,37-,38-,39-,40-,41-,42+,43+,44+,45+,46-,47-,48-,49+,50+,51-,52-,53-,54-,55-,56+,57+,58+,59-,60+,61+,62+,63+,64+,65+,66+,67+,68-/m1/s1. The Balaban J connectivity index is 1.02. The van der Waals surface area contributed by atoms with Crippen molar-refractivity contribution in [1.29, 1.82) is 0 Å². The van der Waals surface area contributed by atoms with Crippen LogP contribution in [0.2, 0.25) is 0 Å². The van der Waals surface area contributed by atoms with Gasteiger partial charge in [-0.25, -0.2) is 0 Å². The fraction of sp³-hybridized carbons (Fsp3) is 0.941. The molecular formula is C68H114N4O51. The third kappa shape index (κ3) is 22.3. The van der Waals surface area contributed by atoms with E-state index in [1.54, 1.807) is 0 Å². The second-order valence-electron chi connectivity index (χ2n) is 31.0. The van der Waals surface area contributed by atoms with Gasteiger partial charge in [0.1, 0.15) is 244 Å². The third-order valence-corrected chi connectivity index (χ3v) is 22.5. The topological polar surface area (TPSA) is 858 Å². The Morgan fingerprint density at radius 2 is 0.447 bits per heavy atom. The molecule has 0 aromatic rings. The molecule has 0 bridgehead atoms. The van der Waals surface area contributed by atoms with E-state index in [9.17, 15) is 162 Å². The van der Waals surface area contributed by atoms with Gasteiger partial charge in [0.15, 0.2) is 62.9 Å². The molecule has 55 nitrogen and oxygen atoms in total. The molecule has 10 fully saturated rings. The maximum atomic E-state index is 13.3. The van der Waals surface area contributed by atoms with Crippen LogP contribution in [0.1, 0.15) is 27.7 Å². The number of aliphatic hydroxyl groups is 28. The van der Waals surface area contributed by atoms with Crippen LogP contribution in [0.5, 0.6) is 0 Å². The summed E-state index contributed by atoms with van der Waals surface area (Å²) in [6, 6.07) is -7.85. The zero-order valence-corrected chi connectivity index (χ0v) is 65.9. The van der Waals surface area contributed by atoms with E-state index in [2.05, 4.69) is 21.3 Å². The molecule has 0 radical (unpaired) electrons. The van der Waals surface area contributed by atoms with Gasteiger partial charge in [-0.15, -0.1) is 0 Å². The van der Waals surface area contributed by atoms with Crippen molar-refractivity contribution in [2.75, 3.05) is 66.1 Å². The van der Waals surface area contributed by atoms with Crippen molar-refractivity contribution in [2.45, 2.75) is 335 Å². The molecule has 0 saturated carbocycles. The Morgan fingerprint density at radius 3 is 0.780 bits per heavy atom. The smallest absolute Gasteiger partial charge is 0.217 e. The van der Waals surface area contributed by atoms with Crippen molar-refractivity contribution in [1.82, 2.24) is 21.3 Å². The minimum absolute atomic E-state index is 0.886. The lowest BCUT2D eigenvalue weighted by Crippen LogP contribution is -2.71. The number of aliphatic hydroxyl groups excluding tert-OH is 28. The molecular weight excluding hydrogens is 1690 g/mol. The first-order valence-electron chi connectivity index (χ1n) is 39.1. The van der Waals surface area contributed by atoms with E-state index in [-0.39, 0.29) is 0 Å². The van der Waals surface area contributed by atoms with Crippen LogP contribution >= 0.6 is 0 Å². The van der Waals surface area contributed by atoms with Crippen LogP contribution in [0.4, 0.5) is 0 Å². The molecule has 10 rings (SSSR count). The molecule has 10 saturated heterocycles. The van der Waals surface area contributed by atoms with Gasteiger partial charge in [0.2, 0.25) is 23.6 Å². The number of hydrogen-bond donors (Lipinski definition) is 32. The Kier molecular flexibility index (Phi) is 36.4. The first-order chi connectivity index (χ1) is 58.2. The highest BCUT2D eigenvalue weighted by molar-refractivity contribution is 5.74. The van der Waals surface area contributed by atoms with Crippen LogP contribution in [0.25, 0.3) is 0 Å². The quantitative estimate of drug-likeness (QED) is 0.0297. The molecule has 32 N–H and O–H groups in total. The molecule has 50 atom stereocenters. The van der Waals surface area contributed by atoms with Gasteiger partial charge in [0.05, 0.1) is 66.1 Å². The largest absolute Gasteiger partial charge is 0.394 e. The number of amides is 4. The van der Waals surface area contributed by atoms with E-state index in [0.717, 1.165) is 27.7 Å². The highest BCUT2D eigenvalue weighted by Crippen LogP contribution is 2.41. The molecule has 10 aliphatic rings. The van der Waals surface area contributed by atoms with Crippen LogP contribution < -0.4 is 21.3 Å². The molecule has 0 aliphatic carbocycles. The van der Waals surface area contributed by atoms with Gasteiger partial charge in [-0.05, 0) is 0 Å². The molecule has 10 aliphatic heterocycles. The molecule has 123 heavy (non-hydrogen) atoms. The lowest BCUT2D eigenvalue weighted by Gasteiger charge is -2.52. The minimum atomic E-state index is -2.63. The predicted octanol–water partition coefficient (Wildman–Crippen LogP) is -22.2. The summed E-state index contributed by atoms with van der Waals surface area (Å²) in [6.45, 7) is -7.70. The number of carbonyl (C=O) groups is 4. The van der Waals surface area contributed by atoms with Crippen LogP contribution in [0, 0.1) is 0 Å². The highest BCUT2D eigenvalue weighted by Gasteiger charge is 2.62. The van der Waals surface area contributed by atoms with Crippen molar-refractivity contribution in [2.24, 2.45) is 0 Å². The van der Waals surface area contributed by atoms with Gasteiger partial charge in [-0.3, -0.25) is 19.2 Å². The first kappa shape index (κ1) is 101. The van der Waals surface area contributed by atoms with Crippen molar-refractivity contribution in [3.63, 3.8) is 0 Å². The lowest BCUT2D eigenvalue weighted by molar-refractivity contribution is -0.406. The Bertz CT molecular complexity index is 3310. The lowest BCUT2D eigenvalue weighted by atomic mass is 9.93. The van der Waals surface area contributed by atoms with E-state index >= 15 is 0 Å². The minimum Gasteiger partial charge on any atom is -0.394 e. The number of nitrogens with one attached hydrogen (secondary N) is 4. The van der Waals surface area contributed by atoms with Gasteiger partial charge in [-0.1, -0.05) is 0 Å². The van der Waals surface area contributed by atoms with Gasteiger partial charge in [0, 0.05) is 27.7 Å². The average molecular weight is 1800 g/mol. The van der Waals surface area contributed by atoms with Crippen molar-refractivity contribution in [3.05, 3.63) is 0 Å². The van der Waals surface area contributed by atoms with Crippen LogP contribution in [-0.4, -0.2) is 539 Å². The third-order valence-electron chi connectivity index (χ3n) is 22.5. The van der Waals surface area contributed by atoms with Crippen LogP contribution in [0.15, 0.2) is 0 Å². The van der Waals surface area contributed by atoms with Crippen LogP contribution in [-0.2, 0) is 109 Å². The fourth-order valence-corrected chi connectivity index (χ4v) is 15.9. The Labute approximate surface area is 695 Å². The second-order valence-corrected chi connectivity index (χ2v) is 31.0. The SMILES string of the molecule is CC(=O)N[C@@H]1[C@@H](O)[C@H](O[C@@H]2O[C@H](CO[C@H]3O[C@H](CO)[C@@H](O)[C@H](O)[C@@H]3O[C@@H]3O[C@H](CO)[C@@H](O[C@@H]4O[C@H](CO)[C@H](O)[C@H](O)[C@H]4O)[C@H](O)[C@H]3NC(C)=O)[C@@H](O)[C@H](O[C@H]3O[C@H](CO)[C@@H](O[C@@H]4O[C@H](CO)[C@@H](O[C@@H]5O[C@H](CO)[C@H](O)[C@H](O)[C@H]5O)[C@H](O)[C@H]4NC(C)=O)[C@H](O)[C@@H]3O[C@@H]3O[C@H](CO)[C@@H](O[C@@H]4O[C@H](CO)[C@H](O)[C@H](O)[C@H]4O)[C@H](O)[C@H]3NC(C)=O)[C@@H]2O)[C@@H](CO)O[C@H]1O. The number of rotatable bonds is 32. The van der Waals surface area contributed by atoms with Crippen molar-refractivity contribution < 1.29 is 252 Å². The zero-order valence-electron chi connectivity index (χ0n) is 65.9. The fourth-order valence-electron chi connectivity index (χ4n) is 15.9. The molecule has 0 aromatic carbocycles. The van der Waals surface area contributed by atoms with E-state index in [4.69, 9.17) is 90.0 Å². The summed E-state index contributed by atoms with van der Waals surface area (Å²) >= 11 is 0. The van der Waals surface area contributed by atoms with Gasteiger partial charge in [-0.2, -0.15) is 0 Å². The summed E-state index contributed by atoms with van der Waals surface area (Å²) in [5.41, 5.74) is 0. The number of carbonyl (C=O) groups excluding carboxylic acids is 4. The molecule has 55 heteroatoms. The predicted molar refractivity (Wildman–Crippen MR) is 376 cm³/mol. The van der Waals surface area contributed by atoms with E-state index in [0.29, 0.717) is 0 Å². The Morgan fingerprint density at radius 1 is 0.211 bits per heavy atom.